The third kappa shape index (κ3) is 3.00. The molecule has 0 aromatic rings. The van der Waals surface area contributed by atoms with Gasteiger partial charge >= 0.3 is 5.97 Å². The summed E-state index contributed by atoms with van der Waals surface area (Å²) in [5.41, 5.74) is 0. The molecule has 2 unspecified atom stereocenters. The summed E-state index contributed by atoms with van der Waals surface area (Å²) in [4.78, 5) is 35.7. The lowest BCUT2D eigenvalue weighted by Gasteiger charge is -2.26. The van der Waals surface area contributed by atoms with E-state index in [1.54, 1.807) is 4.90 Å². The summed E-state index contributed by atoms with van der Waals surface area (Å²) in [5.74, 6) is -2.33. The Morgan fingerprint density at radius 3 is 2.33 bits per heavy atom. The van der Waals surface area contributed by atoms with Crippen LogP contribution in [0.1, 0.15) is 25.7 Å². The van der Waals surface area contributed by atoms with Crippen LogP contribution >= 0.6 is 0 Å². The van der Waals surface area contributed by atoms with Crippen molar-refractivity contribution in [3.8, 4) is 0 Å². The predicted molar refractivity (Wildman–Crippen MR) is 62.7 cm³/mol. The van der Waals surface area contributed by atoms with Gasteiger partial charge in [0, 0.05) is 13.1 Å². The lowest BCUT2D eigenvalue weighted by atomic mass is 10.1. The quantitative estimate of drug-likeness (QED) is 0.729. The number of likely N-dealkylation sites (tertiary alicyclic amines) is 1. The molecule has 1 aliphatic carbocycles. The zero-order valence-corrected chi connectivity index (χ0v) is 10.2. The third-order valence-corrected chi connectivity index (χ3v) is 3.57. The highest BCUT2D eigenvalue weighted by molar-refractivity contribution is 5.91. The fourth-order valence-electron chi connectivity index (χ4n) is 2.31. The second-order valence-corrected chi connectivity index (χ2v) is 4.95. The summed E-state index contributed by atoms with van der Waals surface area (Å²) < 4.78 is 0. The molecule has 18 heavy (non-hydrogen) atoms. The number of nitrogens with zero attached hydrogens (tertiary/aromatic N) is 1. The molecule has 2 aliphatic rings. The predicted octanol–water partition coefficient (Wildman–Crippen LogP) is -0.164. The first kappa shape index (κ1) is 12.9. The van der Waals surface area contributed by atoms with Crippen molar-refractivity contribution in [2.75, 3.05) is 19.6 Å². The van der Waals surface area contributed by atoms with Gasteiger partial charge in [0.2, 0.25) is 11.8 Å². The van der Waals surface area contributed by atoms with E-state index in [1.165, 1.54) is 0 Å². The van der Waals surface area contributed by atoms with E-state index in [2.05, 4.69) is 5.32 Å². The number of carboxylic acid groups (broad SMARTS) is 1. The van der Waals surface area contributed by atoms with Crippen molar-refractivity contribution in [1.29, 1.82) is 0 Å². The Bertz CT molecular complexity index is 363. The van der Waals surface area contributed by atoms with Gasteiger partial charge < -0.3 is 15.3 Å². The summed E-state index contributed by atoms with van der Waals surface area (Å²) in [6.07, 6.45) is 3.57. The number of carbonyl (C=O) groups is 3. The molecule has 0 aromatic carbocycles. The van der Waals surface area contributed by atoms with Gasteiger partial charge in [-0.15, -0.1) is 0 Å². The highest BCUT2D eigenvalue weighted by Gasteiger charge is 2.48. The van der Waals surface area contributed by atoms with Crippen molar-refractivity contribution >= 4 is 17.8 Å². The molecule has 2 atom stereocenters. The minimum Gasteiger partial charge on any atom is -0.481 e. The van der Waals surface area contributed by atoms with Gasteiger partial charge in [0.1, 0.15) is 0 Å². The molecule has 6 heteroatoms. The van der Waals surface area contributed by atoms with Crippen LogP contribution in [0.15, 0.2) is 0 Å². The Kier molecular flexibility index (Phi) is 3.84. The van der Waals surface area contributed by atoms with Crippen LogP contribution in [-0.4, -0.2) is 47.4 Å². The monoisotopic (exact) mass is 254 g/mol. The van der Waals surface area contributed by atoms with Crippen LogP contribution in [-0.2, 0) is 14.4 Å². The normalized spacial score (nSPS) is 26.6. The Morgan fingerprint density at radius 2 is 1.78 bits per heavy atom. The molecule has 6 nitrogen and oxygen atoms in total. The Balaban J connectivity index is 1.70. The Hall–Kier alpha value is -1.59. The highest BCUT2D eigenvalue weighted by atomic mass is 16.4. The maximum Gasteiger partial charge on any atom is 0.307 e. The van der Waals surface area contributed by atoms with Gasteiger partial charge in [-0.3, -0.25) is 14.4 Å². The first-order chi connectivity index (χ1) is 8.59. The molecule has 0 bridgehead atoms. The summed E-state index contributed by atoms with van der Waals surface area (Å²) in [6, 6.07) is 0. The average molecular weight is 254 g/mol. The highest BCUT2D eigenvalue weighted by Crippen LogP contribution is 2.38. The van der Waals surface area contributed by atoms with Gasteiger partial charge in [0.25, 0.3) is 0 Å². The molecule has 0 aromatic heterocycles. The van der Waals surface area contributed by atoms with E-state index >= 15 is 0 Å². The lowest BCUT2D eigenvalue weighted by Crippen LogP contribution is -2.43. The Morgan fingerprint density at radius 1 is 1.11 bits per heavy atom. The number of hydrogen-bond donors (Lipinski definition) is 2. The second-order valence-electron chi connectivity index (χ2n) is 4.95. The lowest BCUT2D eigenvalue weighted by molar-refractivity contribution is -0.140. The van der Waals surface area contributed by atoms with Crippen LogP contribution in [0.5, 0.6) is 0 Å². The van der Waals surface area contributed by atoms with Crippen molar-refractivity contribution < 1.29 is 19.5 Å². The van der Waals surface area contributed by atoms with E-state index in [4.69, 9.17) is 5.11 Å². The molecule has 2 rings (SSSR count). The zero-order chi connectivity index (χ0) is 13.1. The average Bonchev–Trinajstić information content (AvgIpc) is 3.17. The fourth-order valence-corrected chi connectivity index (χ4v) is 2.31. The molecule has 0 spiro atoms. The first-order valence-corrected chi connectivity index (χ1v) is 6.38. The molecule has 0 radical (unpaired) electrons. The molecule has 1 saturated heterocycles. The molecule has 100 valence electrons. The summed E-state index contributed by atoms with van der Waals surface area (Å²) in [5, 5.41) is 11.2. The van der Waals surface area contributed by atoms with Gasteiger partial charge in [-0.2, -0.15) is 0 Å². The standard InChI is InChI=1S/C12H18N2O4/c15-10(14-4-2-1-3-5-14)7-13-11(16)8-6-9(8)12(17)18/h8-9H,1-7H2,(H,13,16)(H,17,18). The van der Waals surface area contributed by atoms with Crippen molar-refractivity contribution in [2.45, 2.75) is 25.7 Å². The van der Waals surface area contributed by atoms with Gasteiger partial charge in [0.05, 0.1) is 18.4 Å². The topological polar surface area (TPSA) is 86.7 Å². The third-order valence-electron chi connectivity index (χ3n) is 3.57. The number of rotatable bonds is 4. The molecular formula is C12H18N2O4. The number of amides is 2. The summed E-state index contributed by atoms with van der Waals surface area (Å²) in [6.45, 7) is 1.51. The fraction of sp³-hybridized carbons (Fsp3) is 0.750. The minimum absolute atomic E-state index is 0.0122. The molecule has 1 aliphatic heterocycles. The number of piperidine rings is 1. The van der Waals surface area contributed by atoms with E-state index < -0.39 is 17.8 Å². The van der Waals surface area contributed by atoms with E-state index in [9.17, 15) is 14.4 Å². The smallest absolute Gasteiger partial charge is 0.307 e. The second kappa shape index (κ2) is 5.37. The number of carbonyl (C=O) groups excluding carboxylic acids is 2. The van der Waals surface area contributed by atoms with Crippen LogP contribution in [0.4, 0.5) is 0 Å². The van der Waals surface area contributed by atoms with Crippen molar-refractivity contribution in [2.24, 2.45) is 11.8 Å². The van der Waals surface area contributed by atoms with Gasteiger partial charge in [-0.25, -0.2) is 0 Å². The van der Waals surface area contributed by atoms with E-state index in [0.29, 0.717) is 6.42 Å². The molecule has 2 fully saturated rings. The maximum absolute atomic E-state index is 11.8. The van der Waals surface area contributed by atoms with Crippen LogP contribution in [0.2, 0.25) is 0 Å². The van der Waals surface area contributed by atoms with E-state index in [0.717, 1.165) is 32.4 Å². The summed E-state index contributed by atoms with van der Waals surface area (Å²) in [7, 11) is 0. The molecule has 1 saturated carbocycles. The van der Waals surface area contributed by atoms with Crippen molar-refractivity contribution in [1.82, 2.24) is 10.2 Å². The zero-order valence-electron chi connectivity index (χ0n) is 10.2. The van der Waals surface area contributed by atoms with Gasteiger partial charge in [0.15, 0.2) is 0 Å². The number of aliphatic carboxylic acids is 1. The van der Waals surface area contributed by atoms with Crippen LogP contribution in [0, 0.1) is 11.8 Å². The van der Waals surface area contributed by atoms with Crippen LogP contribution in [0.3, 0.4) is 0 Å². The largest absolute Gasteiger partial charge is 0.481 e. The van der Waals surface area contributed by atoms with Gasteiger partial charge in [-0.1, -0.05) is 0 Å². The minimum atomic E-state index is -0.933. The van der Waals surface area contributed by atoms with Crippen LogP contribution in [0.25, 0.3) is 0 Å². The Labute approximate surface area is 105 Å². The van der Waals surface area contributed by atoms with E-state index in [1.807, 2.05) is 0 Å². The molecule has 2 N–H and O–H groups in total. The SMILES string of the molecule is O=C(O)C1CC1C(=O)NCC(=O)N1CCCCC1. The van der Waals surface area contributed by atoms with Crippen LogP contribution < -0.4 is 5.32 Å². The molecule has 1 heterocycles. The number of nitrogens with one attached hydrogen (secondary N) is 1. The molecular weight excluding hydrogens is 236 g/mol. The first-order valence-electron chi connectivity index (χ1n) is 6.38. The van der Waals surface area contributed by atoms with Gasteiger partial charge in [-0.05, 0) is 25.7 Å². The van der Waals surface area contributed by atoms with E-state index in [-0.39, 0.29) is 18.4 Å². The molecule has 2 amide bonds. The number of hydrogen-bond acceptors (Lipinski definition) is 3. The number of carboxylic acids is 1. The van der Waals surface area contributed by atoms with Crippen molar-refractivity contribution in [3.05, 3.63) is 0 Å². The van der Waals surface area contributed by atoms with Crippen molar-refractivity contribution in [3.63, 3.8) is 0 Å². The maximum atomic E-state index is 11.8. The summed E-state index contributed by atoms with van der Waals surface area (Å²) >= 11 is 0.